The zero-order chi connectivity index (χ0) is 12.4. The Labute approximate surface area is 110 Å². The van der Waals surface area contributed by atoms with Crippen LogP contribution in [0.5, 0.6) is 0 Å². The summed E-state index contributed by atoms with van der Waals surface area (Å²) in [4.78, 5) is 16.9. The molecule has 3 rings (SSSR count). The molecule has 0 radical (unpaired) electrons. The summed E-state index contributed by atoms with van der Waals surface area (Å²) in [5.74, 6) is 0.971. The Morgan fingerprint density at radius 3 is 2.44 bits per heavy atom. The molecular formula is C14H25N3O. The van der Waals surface area contributed by atoms with Crippen molar-refractivity contribution in [1.82, 2.24) is 15.1 Å². The second-order valence-electron chi connectivity index (χ2n) is 6.06. The first kappa shape index (κ1) is 12.4. The summed E-state index contributed by atoms with van der Waals surface area (Å²) in [7, 11) is 0. The van der Waals surface area contributed by atoms with E-state index in [0.29, 0.717) is 11.8 Å². The second kappa shape index (κ2) is 5.57. The number of hydrogen-bond acceptors (Lipinski definition) is 3. The van der Waals surface area contributed by atoms with Crippen LogP contribution in [0.15, 0.2) is 0 Å². The maximum Gasteiger partial charge on any atom is 0.222 e. The fraction of sp³-hybridized carbons (Fsp3) is 0.929. The molecule has 3 aliphatic rings. The largest absolute Gasteiger partial charge is 0.340 e. The minimum Gasteiger partial charge on any atom is -0.340 e. The van der Waals surface area contributed by atoms with E-state index < -0.39 is 0 Å². The molecule has 1 aliphatic carbocycles. The van der Waals surface area contributed by atoms with Gasteiger partial charge in [0.2, 0.25) is 5.91 Å². The Hall–Kier alpha value is -0.610. The van der Waals surface area contributed by atoms with Crippen LogP contribution < -0.4 is 5.32 Å². The van der Waals surface area contributed by atoms with Gasteiger partial charge in [0.25, 0.3) is 0 Å². The molecule has 0 bridgehead atoms. The van der Waals surface area contributed by atoms with Crippen LogP contribution in [0.1, 0.15) is 32.1 Å². The molecule has 0 aromatic rings. The van der Waals surface area contributed by atoms with E-state index in [2.05, 4.69) is 15.1 Å². The summed E-state index contributed by atoms with van der Waals surface area (Å²) < 4.78 is 0. The van der Waals surface area contributed by atoms with Crippen LogP contribution in [0.3, 0.4) is 0 Å². The van der Waals surface area contributed by atoms with Gasteiger partial charge >= 0.3 is 0 Å². The number of hydrogen-bond donors (Lipinski definition) is 1. The Morgan fingerprint density at radius 1 is 1.11 bits per heavy atom. The van der Waals surface area contributed by atoms with E-state index in [1.165, 1.54) is 25.7 Å². The number of piperazine rings is 1. The van der Waals surface area contributed by atoms with Crippen LogP contribution in [-0.2, 0) is 4.79 Å². The number of nitrogens with one attached hydrogen (secondary N) is 1. The fourth-order valence-electron chi connectivity index (χ4n) is 3.35. The van der Waals surface area contributed by atoms with Crippen molar-refractivity contribution < 1.29 is 4.79 Å². The Bertz CT molecular complexity index is 289. The predicted octanol–water partition coefficient (Wildman–Crippen LogP) is 0.683. The minimum absolute atomic E-state index is 0.386. The minimum atomic E-state index is 0.386. The predicted molar refractivity (Wildman–Crippen MR) is 71.4 cm³/mol. The lowest BCUT2D eigenvalue weighted by Gasteiger charge is -2.43. The highest BCUT2D eigenvalue weighted by atomic mass is 16.2. The summed E-state index contributed by atoms with van der Waals surface area (Å²) in [5.41, 5.74) is 0. The van der Waals surface area contributed by atoms with Gasteiger partial charge in [-0.2, -0.15) is 0 Å². The molecule has 1 unspecified atom stereocenters. The molecule has 2 heterocycles. The molecule has 18 heavy (non-hydrogen) atoms. The molecular weight excluding hydrogens is 226 g/mol. The monoisotopic (exact) mass is 251 g/mol. The van der Waals surface area contributed by atoms with Gasteiger partial charge in [0.05, 0.1) is 0 Å². The van der Waals surface area contributed by atoms with E-state index in [0.717, 1.165) is 51.7 Å². The molecule has 1 amide bonds. The molecule has 2 aliphatic heterocycles. The van der Waals surface area contributed by atoms with Crippen LogP contribution in [0.25, 0.3) is 0 Å². The lowest BCUT2D eigenvalue weighted by molar-refractivity contribution is -0.134. The van der Waals surface area contributed by atoms with Crippen molar-refractivity contribution in [1.29, 1.82) is 0 Å². The summed E-state index contributed by atoms with van der Waals surface area (Å²) >= 11 is 0. The van der Waals surface area contributed by atoms with Crippen LogP contribution in [0.4, 0.5) is 0 Å². The summed E-state index contributed by atoms with van der Waals surface area (Å²) in [5, 5.41) is 3.34. The van der Waals surface area contributed by atoms with Crippen molar-refractivity contribution in [3.63, 3.8) is 0 Å². The zero-order valence-electron chi connectivity index (χ0n) is 11.2. The van der Waals surface area contributed by atoms with Gasteiger partial charge < -0.3 is 10.2 Å². The van der Waals surface area contributed by atoms with E-state index >= 15 is 0 Å². The Balaban J connectivity index is 1.42. The maximum absolute atomic E-state index is 12.2. The van der Waals surface area contributed by atoms with Crippen molar-refractivity contribution >= 4 is 5.91 Å². The average Bonchev–Trinajstić information content (AvgIpc) is 2.80. The molecule has 1 N–H and O–H groups in total. The summed E-state index contributed by atoms with van der Waals surface area (Å²) in [6.45, 7) is 6.23. The van der Waals surface area contributed by atoms with Crippen molar-refractivity contribution in [2.75, 3.05) is 39.3 Å². The fourth-order valence-corrected chi connectivity index (χ4v) is 3.35. The smallest absolute Gasteiger partial charge is 0.222 e. The van der Waals surface area contributed by atoms with Crippen LogP contribution in [-0.4, -0.2) is 61.0 Å². The van der Waals surface area contributed by atoms with Gasteiger partial charge in [0.15, 0.2) is 0 Å². The van der Waals surface area contributed by atoms with E-state index in [1.54, 1.807) is 0 Å². The highest BCUT2D eigenvalue weighted by Gasteiger charge is 2.30. The van der Waals surface area contributed by atoms with Crippen LogP contribution >= 0.6 is 0 Å². The molecule has 102 valence electrons. The standard InChI is InChI=1S/C14H25N3O/c18-14(10-12-4-5-15-11-12)17-8-6-16(7-9-17)13-2-1-3-13/h12-13,15H,1-11H2. The number of amides is 1. The highest BCUT2D eigenvalue weighted by molar-refractivity contribution is 5.76. The first-order valence-electron chi connectivity index (χ1n) is 7.55. The third-order valence-corrected chi connectivity index (χ3v) is 4.88. The third-order valence-electron chi connectivity index (χ3n) is 4.88. The molecule has 0 aromatic carbocycles. The van der Waals surface area contributed by atoms with E-state index in [9.17, 15) is 4.79 Å². The average molecular weight is 251 g/mol. The quantitative estimate of drug-likeness (QED) is 0.801. The molecule has 0 spiro atoms. The van der Waals surface area contributed by atoms with E-state index in [-0.39, 0.29) is 0 Å². The highest BCUT2D eigenvalue weighted by Crippen LogP contribution is 2.25. The molecule has 2 saturated heterocycles. The number of carbonyl (C=O) groups is 1. The summed E-state index contributed by atoms with van der Waals surface area (Å²) in [6.07, 6.45) is 6.09. The lowest BCUT2D eigenvalue weighted by atomic mass is 9.91. The lowest BCUT2D eigenvalue weighted by Crippen LogP contribution is -2.53. The molecule has 4 heteroatoms. The molecule has 1 atom stereocenters. The van der Waals surface area contributed by atoms with Gasteiger partial charge in [0.1, 0.15) is 0 Å². The zero-order valence-corrected chi connectivity index (χ0v) is 11.2. The van der Waals surface area contributed by atoms with Crippen LogP contribution in [0.2, 0.25) is 0 Å². The van der Waals surface area contributed by atoms with Gasteiger partial charge in [-0.1, -0.05) is 6.42 Å². The SMILES string of the molecule is O=C(CC1CCNC1)N1CCN(C2CCC2)CC1. The number of rotatable bonds is 3. The van der Waals surface area contributed by atoms with E-state index in [4.69, 9.17) is 0 Å². The van der Waals surface area contributed by atoms with Gasteiger partial charge in [-0.25, -0.2) is 0 Å². The Morgan fingerprint density at radius 2 is 1.89 bits per heavy atom. The van der Waals surface area contributed by atoms with Gasteiger partial charge in [-0.3, -0.25) is 9.69 Å². The van der Waals surface area contributed by atoms with Crippen LogP contribution in [0, 0.1) is 5.92 Å². The molecule has 0 aromatic heterocycles. The van der Waals surface area contributed by atoms with E-state index in [1.807, 2.05) is 0 Å². The number of nitrogens with zero attached hydrogens (tertiary/aromatic N) is 2. The van der Waals surface area contributed by atoms with Gasteiger partial charge in [0, 0.05) is 38.6 Å². The van der Waals surface area contributed by atoms with Crippen molar-refractivity contribution in [2.45, 2.75) is 38.1 Å². The molecule has 4 nitrogen and oxygen atoms in total. The second-order valence-corrected chi connectivity index (χ2v) is 6.06. The summed E-state index contributed by atoms with van der Waals surface area (Å²) in [6, 6.07) is 0.835. The first-order chi connectivity index (χ1) is 8.83. The van der Waals surface area contributed by atoms with Crippen molar-refractivity contribution in [2.24, 2.45) is 5.92 Å². The topological polar surface area (TPSA) is 35.6 Å². The van der Waals surface area contributed by atoms with Gasteiger partial charge in [-0.15, -0.1) is 0 Å². The van der Waals surface area contributed by atoms with Crippen molar-refractivity contribution in [3.05, 3.63) is 0 Å². The Kier molecular flexibility index (Phi) is 3.85. The first-order valence-corrected chi connectivity index (χ1v) is 7.55. The van der Waals surface area contributed by atoms with Gasteiger partial charge in [-0.05, 0) is 38.3 Å². The third kappa shape index (κ3) is 2.69. The maximum atomic E-state index is 12.2. The number of carbonyl (C=O) groups excluding carboxylic acids is 1. The normalized spacial score (nSPS) is 30.4. The van der Waals surface area contributed by atoms with Crippen molar-refractivity contribution in [3.8, 4) is 0 Å². The molecule has 3 fully saturated rings. The molecule has 1 saturated carbocycles.